The molecule has 25 heavy (non-hydrogen) atoms. The molecule has 0 spiro atoms. The summed E-state index contributed by atoms with van der Waals surface area (Å²) < 4.78 is 10.9. The van der Waals surface area contributed by atoms with Gasteiger partial charge in [0.1, 0.15) is 5.69 Å². The molecule has 0 N–H and O–H groups in total. The Bertz CT molecular complexity index is 771. The van der Waals surface area contributed by atoms with Crippen molar-refractivity contribution in [1.82, 2.24) is 20.0 Å². The molecule has 1 aliphatic heterocycles. The molecule has 7 nitrogen and oxygen atoms in total. The van der Waals surface area contributed by atoms with E-state index in [1.54, 1.807) is 13.3 Å². The largest absolute Gasteiger partial charge is 0.384 e. The monoisotopic (exact) mass is 342 g/mol. The summed E-state index contributed by atoms with van der Waals surface area (Å²) in [5.74, 6) is 1.98. The molecule has 132 valence electrons. The molecule has 0 radical (unpaired) electrons. The minimum atomic E-state index is -0.0522. The van der Waals surface area contributed by atoms with Gasteiger partial charge in [-0.2, -0.15) is 4.98 Å². The molecule has 1 amide bonds. The molecule has 4 rings (SSSR count). The summed E-state index contributed by atoms with van der Waals surface area (Å²) in [5, 5.41) is 4.12. The number of pyridine rings is 1. The van der Waals surface area contributed by atoms with Crippen molar-refractivity contribution in [1.29, 1.82) is 0 Å². The van der Waals surface area contributed by atoms with Crippen LogP contribution in [0.1, 0.15) is 52.4 Å². The van der Waals surface area contributed by atoms with Gasteiger partial charge in [0, 0.05) is 38.2 Å². The number of likely N-dealkylation sites (tertiary alicyclic amines) is 1. The highest BCUT2D eigenvalue weighted by atomic mass is 16.5. The van der Waals surface area contributed by atoms with Crippen LogP contribution in [-0.4, -0.2) is 52.7 Å². The molecule has 0 unspecified atom stereocenters. The fourth-order valence-electron chi connectivity index (χ4n) is 3.46. The molecule has 2 aromatic heterocycles. The fraction of sp³-hybridized carbons (Fsp3) is 0.556. The number of carbonyl (C=O) groups is 1. The van der Waals surface area contributed by atoms with Crippen LogP contribution in [0.4, 0.5) is 0 Å². The number of methoxy groups -OCH3 is 1. The first kappa shape index (κ1) is 16.2. The maximum Gasteiger partial charge on any atom is 0.272 e. The number of amides is 1. The third-order valence-corrected chi connectivity index (χ3v) is 5.04. The van der Waals surface area contributed by atoms with Crippen LogP contribution < -0.4 is 0 Å². The Balaban J connectivity index is 1.55. The van der Waals surface area contributed by atoms with Crippen molar-refractivity contribution in [3.63, 3.8) is 0 Å². The molecule has 2 atom stereocenters. The molecule has 0 aromatic carbocycles. The van der Waals surface area contributed by atoms with Gasteiger partial charge >= 0.3 is 0 Å². The lowest BCUT2D eigenvalue weighted by molar-refractivity contribution is 0.0769. The van der Waals surface area contributed by atoms with Gasteiger partial charge in [0.25, 0.3) is 5.91 Å². The van der Waals surface area contributed by atoms with E-state index in [1.165, 1.54) is 0 Å². The number of ether oxygens (including phenoxy) is 1. The topological polar surface area (TPSA) is 81.4 Å². The number of rotatable bonds is 5. The third kappa shape index (κ3) is 3.16. The molecule has 2 aromatic rings. The van der Waals surface area contributed by atoms with E-state index >= 15 is 0 Å². The number of aromatic nitrogens is 3. The van der Waals surface area contributed by atoms with E-state index in [1.807, 2.05) is 24.0 Å². The molecule has 1 saturated carbocycles. The minimum absolute atomic E-state index is 0.00733. The second-order valence-electron chi connectivity index (χ2n) is 6.97. The second-order valence-corrected chi connectivity index (χ2v) is 6.97. The summed E-state index contributed by atoms with van der Waals surface area (Å²) in [6.07, 6.45) is 3.92. The van der Waals surface area contributed by atoms with Crippen LogP contribution in [0.5, 0.6) is 0 Å². The molecule has 2 fully saturated rings. The number of aryl methyl sites for hydroxylation is 1. The van der Waals surface area contributed by atoms with Crippen LogP contribution in [0.3, 0.4) is 0 Å². The van der Waals surface area contributed by atoms with Crippen molar-refractivity contribution < 1.29 is 14.1 Å². The average molecular weight is 342 g/mol. The molecule has 3 heterocycles. The minimum Gasteiger partial charge on any atom is -0.384 e. The van der Waals surface area contributed by atoms with Crippen LogP contribution in [0.15, 0.2) is 22.9 Å². The van der Waals surface area contributed by atoms with Crippen LogP contribution in [0.2, 0.25) is 0 Å². The average Bonchev–Trinajstić information content (AvgIpc) is 3.19. The lowest BCUT2D eigenvalue weighted by Gasteiger charge is -2.16. The molecule has 0 bridgehead atoms. The highest BCUT2D eigenvalue weighted by molar-refractivity contribution is 5.93. The number of hydrogen-bond acceptors (Lipinski definition) is 6. The summed E-state index contributed by atoms with van der Waals surface area (Å²) in [4.78, 5) is 23.5. The standard InChI is InChI=1S/C18H22N4O3/c1-11-4-3-7-19-15(11)18(23)22-8-13(10-24-2)14(9-22)17-20-16(21-25-17)12-5-6-12/h3-4,7,12-14H,5-6,8-10H2,1-2H3/t13-,14+/m0/s1. The van der Waals surface area contributed by atoms with Crippen LogP contribution in [0.25, 0.3) is 0 Å². The first-order chi connectivity index (χ1) is 12.2. The summed E-state index contributed by atoms with van der Waals surface area (Å²) in [5.41, 5.74) is 1.39. The van der Waals surface area contributed by atoms with Crippen molar-refractivity contribution in [3.05, 3.63) is 41.3 Å². The van der Waals surface area contributed by atoms with E-state index in [2.05, 4.69) is 15.1 Å². The Hall–Kier alpha value is -2.28. The normalized spacial score (nSPS) is 23.2. The highest BCUT2D eigenvalue weighted by Crippen LogP contribution is 2.40. The fourth-order valence-corrected chi connectivity index (χ4v) is 3.46. The van der Waals surface area contributed by atoms with Crippen molar-refractivity contribution in [3.8, 4) is 0 Å². The van der Waals surface area contributed by atoms with E-state index in [0.29, 0.717) is 37.2 Å². The summed E-state index contributed by atoms with van der Waals surface area (Å²) in [6, 6.07) is 3.74. The molecule has 7 heteroatoms. The van der Waals surface area contributed by atoms with E-state index in [-0.39, 0.29) is 17.7 Å². The Morgan fingerprint density at radius 3 is 2.96 bits per heavy atom. The Morgan fingerprint density at radius 2 is 2.24 bits per heavy atom. The Kier molecular flexibility index (Phi) is 4.25. The van der Waals surface area contributed by atoms with Crippen LogP contribution in [0, 0.1) is 12.8 Å². The van der Waals surface area contributed by atoms with Gasteiger partial charge in [-0.3, -0.25) is 9.78 Å². The van der Waals surface area contributed by atoms with Gasteiger partial charge in [-0.25, -0.2) is 0 Å². The van der Waals surface area contributed by atoms with Gasteiger partial charge in [0.15, 0.2) is 5.82 Å². The van der Waals surface area contributed by atoms with Crippen LogP contribution in [-0.2, 0) is 4.74 Å². The summed E-state index contributed by atoms with van der Waals surface area (Å²) in [7, 11) is 1.67. The van der Waals surface area contributed by atoms with E-state index in [0.717, 1.165) is 24.2 Å². The van der Waals surface area contributed by atoms with E-state index in [9.17, 15) is 4.79 Å². The quantitative estimate of drug-likeness (QED) is 0.828. The number of hydrogen-bond donors (Lipinski definition) is 0. The number of carbonyl (C=O) groups excluding carboxylic acids is 1. The summed E-state index contributed by atoms with van der Waals surface area (Å²) in [6.45, 7) is 3.61. The summed E-state index contributed by atoms with van der Waals surface area (Å²) >= 11 is 0. The zero-order valence-electron chi connectivity index (χ0n) is 14.5. The van der Waals surface area contributed by atoms with Gasteiger partial charge in [-0.15, -0.1) is 0 Å². The van der Waals surface area contributed by atoms with Gasteiger partial charge in [-0.05, 0) is 31.4 Å². The molecule has 2 aliphatic rings. The predicted molar refractivity (Wildman–Crippen MR) is 89.3 cm³/mol. The first-order valence-corrected chi connectivity index (χ1v) is 8.70. The van der Waals surface area contributed by atoms with Crippen molar-refractivity contribution in [2.75, 3.05) is 26.8 Å². The smallest absolute Gasteiger partial charge is 0.272 e. The van der Waals surface area contributed by atoms with Gasteiger partial charge in [0.2, 0.25) is 5.89 Å². The molecule has 1 saturated heterocycles. The van der Waals surface area contributed by atoms with Crippen LogP contribution >= 0.6 is 0 Å². The number of nitrogens with zero attached hydrogens (tertiary/aromatic N) is 4. The van der Waals surface area contributed by atoms with Crippen molar-refractivity contribution in [2.45, 2.75) is 31.6 Å². The van der Waals surface area contributed by atoms with E-state index in [4.69, 9.17) is 9.26 Å². The predicted octanol–water partition coefficient (Wildman–Crippen LogP) is 2.15. The zero-order chi connectivity index (χ0) is 17.4. The molecule has 1 aliphatic carbocycles. The first-order valence-electron chi connectivity index (χ1n) is 8.70. The van der Waals surface area contributed by atoms with Crippen molar-refractivity contribution >= 4 is 5.91 Å². The lowest BCUT2D eigenvalue weighted by atomic mass is 9.97. The maximum absolute atomic E-state index is 12.9. The lowest BCUT2D eigenvalue weighted by Crippen LogP contribution is -2.30. The van der Waals surface area contributed by atoms with Crippen molar-refractivity contribution in [2.24, 2.45) is 5.92 Å². The third-order valence-electron chi connectivity index (χ3n) is 5.04. The maximum atomic E-state index is 12.9. The van der Waals surface area contributed by atoms with E-state index < -0.39 is 0 Å². The second kappa shape index (κ2) is 6.55. The van der Waals surface area contributed by atoms with Gasteiger partial charge in [0.05, 0.1) is 12.5 Å². The molecular weight excluding hydrogens is 320 g/mol. The molecular formula is C18H22N4O3. The Labute approximate surface area is 146 Å². The zero-order valence-corrected chi connectivity index (χ0v) is 14.5. The highest BCUT2D eigenvalue weighted by Gasteiger charge is 2.41. The SMILES string of the molecule is COC[C@@H]1CN(C(=O)c2ncccc2C)C[C@H]1c1nc(C2CC2)no1. The van der Waals surface area contributed by atoms with Gasteiger partial charge in [-0.1, -0.05) is 11.2 Å². The van der Waals surface area contributed by atoms with Gasteiger partial charge < -0.3 is 14.2 Å². The Morgan fingerprint density at radius 1 is 1.40 bits per heavy atom.